The number of thiophene rings is 1. The number of likely N-dealkylation sites (N-methyl/N-ethyl adjacent to an activating group) is 1. The van der Waals surface area contributed by atoms with Crippen molar-refractivity contribution in [3.05, 3.63) is 50.4 Å². The smallest absolute Gasteiger partial charge is 0.0605 e. The lowest BCUT2D eigenvalue weighted by atomic mass is 10.0. The van der Waals surface area contributed by atoms with E-state index >= 15 is 0 Å². The second-order valence-corrected chi connectivity index (χ2v) is 5.89. The molecule has 0 spiro atoms. The summed E-state index contributed by atoms with van der Waals surface area (Å²) in [6.45, 7) is 2.11. The van der Waals surface area contributed by atoms with Gasteiger partial charge in [-0.15, -0.1) is 11.3 Å². The molecule has 1 atom stereocenters. The van der Waals surface area contributed by atoms with E-state index in [2.05, 4.69) is 50.7 Å². The average Bonchev–Trinajstić information content (AvgIpc) is 2.73. The number of aryl methyl sites for hydroxylation is 1. The SMILES string of the molecule is CNC(Cc1cc(Br)cs1)c1ncccc1C. The fourth-order valence-electron chi connectivity index (χ4n) is 1.86. The highest BCUT2D eigenvalue weighted by Crippen LogP contribution is 2.25. The van der Waals surface area contributed by atoms with E-state index in [1.165, 1.54) is 10.4 Å². The molecule has 0 aliphatic heterocycles. The van der Waals surface area contributed by atoms with Crippen molar-refractivity contribution in [2.45, 2.75) is 19.4 Å². The Labute approximate surface area is 114 Å². The largest absolute Gasteiger partial charge is 0.311 e. The molecule has 0 saturated heterocycles. The van der Waals surface area contributed by atoms with Crippen LogP contribution in [0, 0.1) is 6.92 Å². The quantitative estimate of drug-likeness (QED) is 0.931. The minimum atomic E-state index is 0.279. The molecule has 2 heterocycles. The Morgan fingerprint density at radius 3 is 2.94 bits per heavy atom. The van der Waals surface area contributed by atoms with Crippen LogP contribution in [-0.4, -0.2) is 12.0 Å². The highest BCUT2D eigenvalue weighted by Gasteiger charge is 2.14. The zero-order chi connectivity index (χ0) is 12.3. The van der Waals surface area contributed by atoms with Gasteiger partial charge in [0.25, 0.3) is 0 Å². The van der Waals surface area contributed by atoms with Gasteiger partial charge in [-0.2, -0.15) is 0 Å². The van der Waals surface area contributed by atoms with Crippen molar-refractivity contribution in [1.29, 1.82) is 0 Å². The Morgan fingerprint density at radius 2 is 2.35 bits per heavy atom. The van der Waals surface area contributed by atoms with Gasteiger partial charge >= 0.3 is 0 Å². The first-order valence-electron chi connectivity index (χ1n) is 5.52. The Kier molecular flexibility index (Phi) is 4.31. The van der Waals surface area contributed by atoms with Gasteiger partial charge in [-0.3, -0.25) is 4.98 Å². The number of hydrogen-bond donors (Lipinski definition) is 1. The summed E-state index contributed by atoms with van der Waals surface area (Å²) < 4.78 is 1.16. The third-order valence-electron chi connectivity index (χ3n) is 2.76. The Hall–Kier alpha value is -0.710. The molecule has 4 heteroatoms. The lowest BCUT2D eigenvalue weighted by Gasteiger charge is -2.16. The Balaban J connectivity index is 2.20. The normalized spacial score (nSPS) is 12.6. The molecular formula is C13H15BrN2S. The summed E-state index contributed by atoms with van der Waals surface area (Å²) in [7, 11) is 1.99. The summed E-state index contributed by atoms with van der Waals surface area (Å²) >= 11 is 5.27. The first kappa shape index (κ1) is 12.7. The zero-order valence-corrected chi connectivity index (χ0v) is 12.3. The molecule has 1 N–H and O–H groups in total. The van der Waals surface area contributed by atoms with Crippen LogP contribution in [0.5, 0.6) is 0 Å². The van der Waals surface area contributed by atoms with Crippen LogP contribution in [0.3, 0.4) is 0 Å². The third-order valence-corrected chi connectivity index (χ3v) is 4.48. The van der Waals surface area contributed by atoms with Gasteiger partial charge in [-0.1, -0.05) is 6.07 Å². The van der Waals surface area contributed by atoms with Gasteiger partial charge in [0, 0.05) is 27.3 Å². The highest BCUT2D eigenvalue weighted by atomic mass is 79.9. The summed E-state index contributed by atoms with van der Waals surface area (Å²) in [6.07, 6.45) is 2.83. The van der Waals surface area contributed by atoms with Gasteiger partial charge < -0.3 is 5.32 Å². The predicted molar refractivity (Wildman–Crippen MR) is 76.5 cm³/mol. The van der Waals surface area contributed by atoms with E-state index in [9.17, 15) is 0 Å². The fourth-order valence-corrected chi connectivity index (χ4v) is 3.36. The standard InChI is InChI=1S/C13H15BrN2S/c1-9-4-3-5-16-13(9)12(15-2)7-11-6-10(14)8-17-11/h3-6,8,12,15H,7H2,1-2H3. The van der Waals surface area contributed by atoms with Crippen LogP contribution in [0.1, 0.15) is 22.2 Å². The number of halogens is 1. The van der Waals surface area contributed by atoms with Crippen LogP contribution >= 0.6 is 27.3 Å². The second kappa shape index (κ2) is 5.76. The summed E-state index contributed by atoms with van der Waals surface area (Å²) in [5, 5.41) is 5.46. The molecule has 0 bridgehead atoms. The van der Waals surface area contributed by atoms with Crippen LogP contribution in [0.4, 0.5) is 0 Å². The maximum Gasteiger partial charge on any atom is 0.0605 e. The molecule has 0 aromatic carbocycles. The number of hydrogen-bond acceptors (Lipinski definition) is 3. The number of aromatic nitrogens is 1. The number of rotatable bonds is 4. The van der Waals surface area contributed by atoms with E-state index in [0.717, 1.165) is 16.6 Å². The van der Waals surface area contributed by atoms with Gasteiger partial charge in [0.15, 0.2) is 0 Å². The van der Waals surface area contributed by atoms with E-state index in [0.29, 0.717) is 0 Å². The van der Waals surface area contributed by atoms with Crippen LogP contribution in [0.15, 0.2) is 34.2 Å². The molecule has 0 saturated carbocycles. The number of nitrogens with one attached hydrogen (secondary N) is 1. The minimum absolute atomic E-state index is 0.279. The Bertz CT molecular complexity index is 496. The summed E-state index contributed by atoms with van der Waals surface area (Å²) in [4.78, 5) is 5.85. The molecule has 2 aromatic heterocycles. The van der Waals surface area contributed by atoms with E-state index < -0.39 is 0 Å². The first-order chi connectivity index (χ1) is 8.20. The first-order valence-corrected chi connectivity index (χ1v) is 7.19. The molecule has 1 unspecified atom stereocenters. The summed E-state index contributed by atoms with van der Waals surface area (Å²) in [5.41, 5.74) is 2.38. The molecule has 17 heavy (non-hydrogen) atoms. The molecule has 0 radical (unpaired) electrons. The van der Waals surface area contributed by atoms with Crippen molar-refractivity contribution in [3.8, 4) is 0 Å². The van der Waals surface area contributed by atoms with E-state index in [-0.39, 0.29) is 6.04 Å². The average molecular weight is 311 g/mol. The molecule has 2 rings (SSSR count). The lowest BCUT2D eigenvalue weighted by Crippen LogP contribution is -2.20. The zero-order valence-electron chi connectivity index (χ0n) is 9.90. The van der Waals surface area contributed by atoms with E-state index in [1.807, 2.05) is 19.3 Å². The monoisotopic (exact) mass is 310 g/mol. The van der Waals surface area contributed by atoms with Crippen LogP contribution in [-0.2, 0) is 6.42 Å². The van der Waals surface area contributed by atoms with Gasteiger partial charge in [0.05, 0.1) is 11.7 Å². The molecule has 2 aromatic rings. The van der Waals surface area contributed by atoms with Crippen LogP contribution in [0.2, 0.25) is 0 Å². The summed E-state index contributed by atoms with van der Waals surface area (Å²) in [5.74, 6) is 0. The van der Waals surface area contributed by atoms with Crippen molar-refractivity contribution >= 4 is 27.3 Å². The summed E-state index contributed by atoms with van der Waals surface area (Å²) in [6, 6.07) is 6.54. The molecular weight excluding hydrogens is 296 g/mol. The van der Waals surface area contributed by atoms with Crippen molar-refractivity contribution in [2.75, 3.05) is 7.05 Å². The van der Waals surface area contributed by atoms with Gasteiger partial charge in [-0.05, 0) is 47.6 Å². The van der Waals surface area contributed by atoms with Crippen LogP contribution in [0.25, 0.3) is 0 Å². The van der Waals surface area contributed by atoms with Gasteiger partial charge in [0.1, 0.15) is 0 Å². The minimum Gasteiger partial charge on any atom is -0.311 e. The Morgan fingerprint density at radius 1 is 1.53 bits per heavy atom. The van der Waals surface area contributed by atoms with Gasteiger partial charge in [-0.25, -0.2) is 0 Å². The molecule has 0 aliphatic rings. The molecule has 90 valence electrons. The van der Waals surface area contributed by atoms with E-state index in [4.69, 9.17) is 0 Å². The highest BCUT2D eigenvalue weighted by molar-refractivity contribution is 9.10. The van der Waals surface area contributed by atoms with Gasteiger partial charge in [0.2, 0.25) is 0 Å². The molecule has 0 amide bonds. The molecule has 0 aliphatic carbocycles. The third kappa shape index (κ3) is 3.15. The maximum absolute atomic E-state index is 4.48. The number of nitrogens with zero attached hydrogens (tertiary/aromatic N) is 1. The molecule has 2 nitrogen and oxygen atoms in total. The maximum atomic E-state index is 4.48. The topological polar surface area (TPSA) is 24.9 Å². The van der Waals surface area contributed by atoms with Crippen molar-refractivity contribution in [3.63, 3.8) is 0 Å². The number of pyridine rings is 1. The van der Waals surface area contributed by atoms with Crippen LogP contribution < -0.4 is 5.32 Å². The van der Waals surface area contributed by atoms with Crippen molar-refractivity contribution in [2.24, 2.45) is 0 Å². The lowest BCUT2D eigenvalue weighted by molar-refractivity contribution is 0.576. The fraction of sp³-hybridized carbons (Fsp3) is 0.308. The van der Waals surface area contributed by atoms with Crippen molar-refractivity contribution in [1.82, 2.24) is 10.3 Å². The van der Waals surface area contributed by atoms with E-state index in [1.54, 1.807) is 11.3 Å². The second-order valence-electron chi connectivity index (χ2n) is 3.98. The molecule has 0 fully saturated rings. The van der Waals surface area contributed by atoms with Crippen molar-refractivity contribution < 1.29 is 0 Å². The predicted octanol–water partition coefficient (Wildman–Crippen LogP) is 3.72.